The van der Waals surface area contributed by atoms with E-state index in [2.05, 4.69) is 0 Å². The summed E-state index contributed by atoms with van der Waals surface area (Å²) in [6.07, 6.45) is 1.55. The fourth-order valence-corrected chi connectivity index (χ4v) is 3.24. The zero-order valence-corrected chi connectivity index (χ0v) is 16.8. The van der Waals surface area contributed by atoms with E-state index in [9.17, 15) is 14.4 Å². The first-order chi connectivity index (χ1) is 14.4. The van der Waals surface area contributed by atoms with Gasteiger partial charge in [0.2, 0.25) is 0 Å². The van der Waals surface area contributed by atoms with Crippen molar-refractivity contribution in [1.82, 2.24) is 0 Å². The minimum absolute atomic E-state index is 0.130. The molecule has 0 fully saturated rings. The number of amides is 1. The van der Waals surface area contributed by atoms with Crippen LogP contribution in [0.3, 0.4) is 0 Å². The van der Waals surface area contributed by atoms with Crippen molar-refractivity contribution in [3.05, 3.63) is 76.5 Å². The lowest BCUT2D eigenvalue weighted by Crippen LogP contribution is -2.24. The normalized spacial score (nSPS) is 15.0. The van der Waals surface area contributed by atoms with Crippen molar-refractivity contribution >= 4 is 29.6 Å². The Labute approximate surface area is 173 Å². The number of allylic oxidation sites excluding steroid dienone is 1. The van der Waals surface area contributed by atoms with Crippen molar-refractivity contribution in [3.63, 3.8) is 0 Å². The van der Waals surface area contributed by atoms with E-state index < -0.39 is 11.9 Å². The number of carbonyl (C=O) groups excluding carboxylic acids is 2. The molecule has 0 atom stereocenters. The van der Waals surface area contributed by atoms with Gasteiger partial charge in [0.1, 0.15) is 5.75 Å². The van der Waals surface area contributed by atoms with Gasteiger partial charge < -0.3 is 14.6 Å². The minimum Gasteiger partial charge on any atom is -0.494 e. The van der Waals surface area contributed by atoms with Gasteiger partial charge in [-0.25, -0.2) is 9.59 Å². The zero-order valence-electron chi connectivity index (χ0n) is 16.8. The number of methoxy groups -OCH3 is 1. The van der Waals surface area contributed by atoms with Gasteiger partial charge in [0, 0.05) is 11.4 Å². The number of carbonyl (C=O) groups is 3. The highest BCUT2D eigenvalue weighted by Gasteiger charge is 2.37. The SMILES string of the molecule is CCOc1ccc(N2C(=O)/C(=C/c3ccc(C(=O)O)cc3)C(C(=O)OC)=C2C)cc1. The maximum absolute atomic E-state index is 13.2. The van der Waals surface area contributed by atoms with Gasteiger partial charge in [-0.3, -0.25) is 9.69 Å². The number of ether oxygens (including phenoxy) is 2. The van der Waals surface area contributed by atoms with Crippen LogP contribution >= 0.6 is 0 Å². The Morgan fingerprint density at radius 3 is 2.23 bits per heavy atom. The molecular weight excluding hydrogens is 386 g/mol. The van der Waals surface area contributed by atoms with Gasteiger partial charge in [-0.1, -0.05) is 12.1 Å². The first kappa shape index (κ1) is 20.9. The van der Waals surface area contributed by atoms with Crippen molar-refractivity contribution in [1.29, 1.82) is 0 Å². The van der Waals surface area contributed by atoms with Crippen molar-refractivity contribution in [2.24, 2.45) is 0 Å². The van der Waals surface area contributed by atoms with Gasteiger partial charge in [-0.05, 0) is 61.9 Å². The average molecular weight is 407 g/mol. The molecule has 1 heterocycles. The summed E-state index contributed by atoms with van der Waals surface area (Å²) in [4.78, 5) is 38.1. The summed E-state index contributed by atoms with van der Waals surface area (Å²) >= 11 is 0. The lowest BCUT2D eigenvalue weighted by atomic mass is 10.0. The lowest BCUT2D eigenvalue weighted by Gasteiger charge is -2.18. The largest absolute Gasteiger partial charge is 0.494 e. The summed E-state index contributed by atoms with van der Waals surface area (Å²) in [6.45, 7) is 4.09. The van der Waals surface area contributed by atoms with E-state index in [1.165, 1.54) is 24.1 Å². The Morgan fingerprint density at radius 2 is 1.70 bits per heavy atom. The molecule has 0 spiro atoms. The number of benzene rings is 2. The molecule has 154 valence electrons. The smallest absolute Gasteiger partial charge is 0.340 e. The summed E-state index contributed by atoms with van der Waals surface area (Å²) in [5.74, 6) is -1.36. The topological polar surface area (TPSA) is 93.1 Å². The molecule has 1 aliphatic rings. The molecule has 3 rings (SSSR count). The van der Waals surface area contributed by atoms with Crippen LogP contribution in [0.25, 0.3) is 6.08 Å². The van der Waals surface area contributed by atoms with E-state index in [-0.39, 0.29) is 22.6 Å². The summed E-state index contributed by atoms with van der Waals surface area (Å²) in [7, 11) is 1.26. The van der Waals surface area contributed by atoms with E-state index in [1.807, 2.05) is 6.92 Å². The Morgan fingerprint density at radius 1 is 1.07 bits per heavy atom. The molecule has 0 saturated heterocycles. The molecule has 2 aromatic carbocycles. The van der Waals surface area contributed by atoms with Crippen LogP contribution in [0.15, 0.2) is 65.4 Å². The van der Waals surface area contributed by atoms with Crippen LogP contribution in [0.5, 0.6) is 5.75 Å². The van der Waals surface area contributed by atoms with Crippen molar-refractivity contribution in [2.75, 3.05) is 18.6 Å². The second-order valence-electron chi connectivity index (χ2n) is 6.50. The molecule has 0 aliphatic carbocycles. The third-order valence-electron chi connectivity index (χ3n) is 4.66. The number of esters is 1. The first-order valence-corrected chi connectivity index (χ1v) is 9.29. The molecule has 0 aromatic heterocycles. The molecule has 1 aliphatic heterocycles. The summed E-state index contributed by atoms with van der Waals surface area (Å²) in [6, 6.07) is 13.0. The first-order valence-electron chi connectivity index (χ1n) is 9.29. The fourth-order valence-electron chi connectivity index (χ4n) is 3.24. The summed E-state index contributed by atoms with van der Waals surface area (Å²) in [5.41, 5.74) is 2.10. The standard InChI is InChI=1S/C23H21NO6/c1-4-30-18-11-9-17(10-12-18)24-14(2)20(23(28)29-3)19(21(24)25)13-15-5-7-16(8-6-15)22(26)27/h5-13H,4H2,1-3H3,(H,26,27)/b19-13+. The van der Waals surface area contributed by atoms with Crippen molar-refractivity contribution < 1.29 is 29.0 Å². The second-order valence-corrected chi connectivity index (χ2v) is 6.50. The molecule has 7 nitrogen and oxygen atoms in total. The molecule has 0 bridgehead atoms. The van der Waals surface area contributed by atoms with E-state index in [1.54, 1.807) is 49.4 Å². The predicted octanol–water partition coefficient (Wildman–Crippen LogP) is 3.66. The Bertz CT molecular complexity index is 1050. The van der Waals surface area contributed by atoms with Crippen molar-refractivity contribution in [3.8, 4) is 5.75 Å². The number of aromatic carboxylic acids is 1. The number of carboxylic acid groups (broad SMARTS) is 1. The fraction of sp³-hybridized carbons (Fsp3) is 0.174. The molecule has 1 amide bonds. The monoisotopic (exact) mass is 407 g/mol. The van der Waals surface area contributed by atoms with Crippen LogP contribution in [0.4, 0.5) is 5.69 Å². The Balaban J connectivity index is 2.04. The van der Waals surface area contributed by atoms with Gasteiger partial charge in [0.15, 0.2) is 0 Å². The molecule has 0 saturated carbocycles. The zero-order chi connectivity index (χ0) is 21.8. The van der Waals surface area contributed by atoms with Crippen LogP contribution in [-0.2, 0) is 14.3 Å². The molecule has 0 unspecified atom stereocenters. The number of hydrogen-bond acceptors (Lipinski definition) is 5. The van der Waals surface area contributed by atoms with Crippen LogP contribution in [-0.4, -0.2) is 36.7 Å². The number of anilines is 1. The summed E-state index contributed by atoms with van der Waals surface area (Å²) in [5, 5.41) is 9.04. The number of carboxylic acids is 1. The Kier molecular flexibility index (Phi) is 6.01. The molecule has 7 heteroatoms. The van der Waals surface area contributed by atoms with Crippen LogP contribution in [0.1, 0.15) is 29.8 Å². The highest BCUT2D eigenvalue weighted by atomic mass is 16.5. The van der Waals surface area contributed by atoms with Gasteiger partial charge in [-0.15, -0.1) is 0 Å². The highest BCUT2D eigenvalue weighted by molar-refractivity contribution is 6.23. The average Bonchev–Trinajstić information content (AvgIpc) is 2.98. The van der Waals surface area contributed by atoms with Crippen LogP contribution in [0.2, 0.25) is 0 Å². The quantitative estimate of drug-likeness (QED) is 0.580. The third-order valence-corrected chi connectivity index (χ3v) is 4.66. The maximum atomic E-state index is 13.2. The van der Waals surface area contributed by atoms with E-state index in [0.717, 1.165) is 0 Å². The van der Waals surface area contributed by atoms with Gasteiger partial charge in [0.05, 0.1) is 30.4 Å². The number of hydrogen-bond donors (Lipinski definition) is 1. The van der Waals surface area contributed by atoms with E-state index in [4.69, 9.17) is 14.6 Å². The number of nitrogens with zero attached hydrogens (tertiary/aromatic N) is 1. The molecule has 0 radical (unpaired) electrons. The van der Waals surface area contributed by atoms with E-state index in [0.29, 0.717) is 29.3 Å². The minimum atomic E-state index is -1.04. The van der Waals surface area contributed by atoms with Gasteiger partial charge in [0.25, 0.3) is 5.91 Å². The van der Waals surface area contributed by atoms with Crippen LogP contribution < -0.4 is 9.64 Å². The highest BCUT2D eigenvalue weighted by Crippen LogP contribution is 2.36. The van der Waals surface area contributed by atoms with Crippen molar-refractivity contribution in [2.45, 2.75) is 13.8 Å². The van der Waals surface area contributed by atoms with E-state index >= 15 is 0 Å². The number of rotatable bonds is 6. The second kappa shape index (κ2) is 8.65. The van der Waals surface area contributed by atoms with Gasteiger partial charge in [-0.2, -0.15) is 0 Å². The van der Waals surface area contributed by atoms with Crippen LogP contribution in [0, 0.1) is 0 Å². The van der Waals surface area contributed by atoms with Gasteiger partial charge >= 0.3 is 11.9 Å². The molecular formula is C23H21NO6. The molecule has 2 aromatic rings. The maximum Gasteiger partial charge on any atom is 0.340 e. The third kappa shape index (κ3) is 3.96. The molecule has 30 heavy (non-hydrogen) atoms. The molecule has 1 N–H and O–H groups in total. The lowest BCUT2D eigenvalue weighted by molar-refractivity contribution is -0.136. The summed E-state index contributed by atoms with van der Waals surface area (Å²) < 4.78 is 10.3. The predicted molar refractivity (Wildman–Crippen MR) is 111 cm³/mol. The Hall–Kier alpha value is -3.87.